The number of benzene rings is 2. The van der Waals surface area contributed by atoms with E-state index in [1.807, 2.05) is 12.1 Å². The van der Waals surface area contributed by atoms with E-state index in [0.29, 0.717) is 25.3 Å². The van der Waals surface area contributed by atoms with Crippen molar-refractivity contribution in [3.63, 3.8) is 0 Å². The van der Waals surface area contributed by atoms with Gasteiger partial charge in [0.1, 0.15) is 0 Å². The summed E-state index contributed by atoms with van der Waals surface area (Å²) in [5, 5.41) is 12.8. The van der Waals surface area contributed by atoms with Crippen LogP contribution < -0.4 is 5.32 Å². The summed E-state index contributed by atoms with van der Waals surface area (Å²) in [5.74, 6) is -2.09. The Bertz CT molecular complexity index is 1390. The fraction of sp³-hybridized carbons (Fsp3) is 0.200. The zero-order valence-corrected chi connectivity index (χ0v) is 18.4. The zero-order valence-electron chi connectivity index (χ0n) is 18.4. The smallest absolute Gasteiger partial charge is 0.335 e. The number of hydrogen-bond donors (Lipinski definition) is 2. The Morgan fingerprint density at radius 2 is 1.91 bits per heavy atom. The van der Waals surface area contributed by atoms with Crippen molar-refractivity contribution < 1.29 is 24.3 Å². The zero-order chi connectivity index (χ0) is 24.1. The first kappa shape index (κ1) is 21.4. The fourth-order valence-electron chi connectivity index (χ4n) is 4.82. The van der Waals surface area contributed by atoms with Gasteiger partial charge in [-0.25, -0.2) is 9.59 Å². The van der Waals surface area contributed by atoms with E-state index in [9.17, 15) is 24.3 Å². The fourth-order valence-corrected chi connectivity index (χ4v) is 4.82. The maximum absolute atomic E-state index is 13.1. The number of amides is 4. The quantitative estimate of drug-likeness (QED) is 0.571. The van der Waals surface area contributed by atoms with Crippen molar-refractivity contribution in [1.29, 1.82) is 0 Å². The first-order valence-corrected chi connectivity index (χ1v) is 10.8. The summed E-state index contributed by atoms with van der Waals surface area (Å²) in [6, 6.07) is 11.8. The van der Waals surface area contributed by atoms with Crippen LogP contribution in [0.5, 0.6) is 0 Å². The number of anilines is 1. The molecule has 34 heavy (non-hydrogen) atoms. The van der Waals surface area contributed by atoms with Gasteiger partial charge in [-0.2, -0.15) is 0 Å². The molecule has 0 radical (unpaired) electrons. The number of urea groups is 1. The third kappa shape index (κ3) is 3.33. The number of carbonyl (C=O) groups is 4. The molecule has 1 fully saturated rings. The standard InChI is InChI=1S/C25H22N4O5/c1-3-21(30)26-16-8-9-19-17(10-16)22-18-12-28(25(34)27(2)23(18)31)13-20(22)29(19)11-14-4-6-15(7-5-14)24(32)33/h3-10,18H,1,11-13H2,2H3,(H,26,30)(H,32,33). The monoisotopic (exact) mass is 458 g/mol. The van der Waals surface area contributed by atoms with E-state index in [-0.39, 0.29) is 23.4 Å². The highest BCUT2D eigenvalue weighted by molar-refractivity contribution is 6.05. The van der Waals surface area contributed by atoms with Crippen LogP contribution >= 0.6 is 0 Å². The molecule has 1 unspecified atom stereocenters. The normalized spacial score (nSPS) is 17.0. The molecule has 5 rings (SSSR count). The molecule has 0 saturated carbocycles. The summed E-state index contributed by atoms with van der Waals surface area (Å²) in [6.45, 7) is 4.57. The van der Waals surface area contributed by atoms with Crippen molar-refractivity contribution in [1.82, 2.24) is 14.4 Å². The maximum Gasteiger partial charge on any atom is 0.335 e. The van der Waals surface area contributed by atoms with Gasteiger partial charge in [0.25, 0.3) is 0 Å². The lowest BCUT2D eigenvalue weighted by atomic mass is 9.89. The number of carboxylic acids is 1. The van der Waals surface area contributed by atoms with Gasteiger partial charge < -0.3 is 19.9 Å². The van der Waals surface area contributed by atoms with Crippen LogP contribution in [0.1, 0.15) is 33.1 Å². The van der Waals surface area contributed by atoms with E-state index < -0.39 is 11.9 Å². The number of nitrogens with zero attached hydrogens (tertiary/aromatic N) is 3. The van der Waals surface area contributed by atoms with Crippen molar-refractivity contribution in [3.8, 4) is 0 Å². The van der Waals surface area contributed by atoms with Gasteiger partial charge in [0.2, 0.25) is 11.8 Å². The average Bonchev–Trinajstić information content (AvgIpc) is 3.14. The highest BCUT2D eigenvalue weighted by atomic mass is 16.4. The largest absolute Gasteiger partial charge is 0.478 e. The third-order valence-electron chi connectivity index (χ3n) is 6.49. The molecule has 2 N–H and O–H groups in total. The molecule has 1 aromatic heterocycles. The summed E-state index contributed by atoms with van der Waals surface area (Å²) in [4.78, 5) is 51.6. The Labute approximate surface area is 194 Å². The van der Waals surface area contributed by atoms with E-state index in [2.05, 4.69) is 16.5 Å². The molecular formula is C25H22N4O5. The van der Waals surface area contributed by atoms with Gasteiger partial charge in [-0.3, -0.25) is 14.5 Å². The van der Waals surface area contributed by atoms with Crippen LogP contribution in [0.2, 0.25) is 0 Å². The number of aromatic nitrogens is 1. The number of nitrogens with one attached hydrogen (secondary N) is 1. The van der Waals surface area contributed by atoms with Crippen molar-refractivity contribution in [2.45, 2.75) is 19.0 Å². The minimum absolute atomic E-state index is 0.200. The molecule has 2 aliphatic rings. The Balaban J connectivity index is 1.67. The van der Waals surface area contributed by atoms with Gasteiger partial charge in [-0.05, 0) is 47.5 Å². The number of rotatable bonds is 5. The van der Waals surface area contributed by atoms with Crippen LogP contribution in [-0.2, 0) is 22.7 Å². The van der Waals surface area contributed by atoms with Crippen molar-refractivity contribution in [3.05, 3.63) is 77.5 Å². The summed E-state index contributed by atoms with van der Waals surface area (Å²) in [5.41, 5.74) is 4.24. The lowest BCUT2D eigenvalue weighted by Crippen LogP contribution is -2.56. The highest BCUT2D eigenvalue weighted by Crippen LogP contribution is 2.41. The lowest BCUT2D eigenvalue weighted by Gasteiger charge is -2.41. The number of carboxylic acid groups (broad SMARTS) is 1. The van der Waals surface area contributed by atoms with Crippen LogP contribution in [0.4, 0.5) is 10.5 Å². The molecule has 2 aromatic carbocycles. The predicted octanol–water partition coefficient (Wildman–Crippen LogP) is 3.00. The van der Waals surface area contributed by atoms with Gasteiger partial charge in [-0.15, -0.1) is 0 Å². The predicted molar refractivity (Wildman–Crippen MR) is 125 cm³/mol. The number of aromatic carboxylic acids is 1. The van der Waals surface area contributed by atoms with Crippen molar-refractivity contribution >= 4 is 40.4 Å². The van der Waals surface area contributed by atoms with E-state index >= 15 is 0 Å². The molecule has 1 atom stereocenters. The summed E-state index contributed by atoms with van der Waals surface area (Å²) in [7, 11) is 1.49. The van der Waals surface area contributed by atoms with E-state index in [1.54, 1.807) is 35.2 Å². The second-order valence-electron chi connectivity index (χ2n) is 8.49. The second-order valence-corrected chi connectivity index (χ2v) is 8.49. The van der Waals surface area contributed by atoms with Gasteiger partial charge in [0, 0.05) is 42.4 Å². The average molecular weight is 458 g/mol. The second kappa shape index (κ2) is 7.87. The van der Waals surface area contributed by atoms with E-state index in [4.69, 9.17) is 0 Å². The van der Waals surface area contributed by atoms with Crippen LogP contribution in [0, 0.1) is 0 Å². The maximum atomic E-state index is 13.1. The van der Waals surface area contributed by atoms with Crippen LogP contribution in [0.25, 0.3) is 10.9 Å². The molecule has 3 heterocycles. The summed E-state index contributed by atoms with van der Waals surface area (Å²) >= 11 is 0. The van der Waals surface area contributed by atoms with Crippen molar-refractivity contribution in [2.75, 3.05) is 18.9 Å². The lowest BCUT2D eigenvalue weighted by molar-refractivity contribution is -0.132. The molecule has 0 spiro atoms. The van der Waals surface area contributed by atoms with Crippen LogP contribution in [-0.4, -0.2) is 56.9 Å². The summed E-state index contributed by atoms with van der Waals surface area (Å²) in [6.07, 6.45) is 1.19. The molecule has 9 nitrogen and oxygen atoms in total. The molecule has 3 aromatic rings. The number of fused-ring (bicyclic) bond motifs is 6. The number of imide groups is 1. The third-order valence-corrected chi connectivity index (χ3v) is 6.49. The van der Waals surface area contributed by atoms with Gasteiger partial charge in [-0.1, -0.05) is 18.7 Å². The SMILES string of the molecule is C=CC(=O)Nc1ccc2c(c1)c1c(n2Cc2ccc(C(=O)O)cc2)CN2CC1C(=O)N(C)C2=O. The topological polar surface area (TPSA) is 112 Å². The molecule has 1 saturated heterocycles. The first-order valence-electron chi connectivity index (χ1n) is 10.8. The molecule has 2 bridgehead atoms. The number of likely N-dealkylation sites (N-methyl/N-ethyl adjacent to an activating group) is 1. The van der Waals surface area contributed by atoms with Gasteiger partial charge in [0.05, 0.1) is 18.0 Å². The first-order chi connectivity index (χ1) is 16.3. The number of carbonyl (C=O) groups excluding carboxylic acids is 3. The Hall–Kier alpha value is -4.40. The minimum atomic E-state index is -0.994. The van der Waals surface area contributed by atoms with E-state index in [0.717, 1.165) is 32.6 Å². The molecule has 0 aliphatic carbocycles. The number of hydrogen-bond acceptors (Lipinski definition) is 4. The Kier molecular flexibility index (Phi) is 4.97. The summed E-state index contributed by atoms with van der Waals surface area (Å²) < 4.78 is 2.06. The molecule has 2 aliphatic heterocycles. The van der Waals surface area contributed by atoms with Crippen LogP contribution in [0.3, 0.4) is 0 Å². The van der Waals surface area contributed by atoms with Gasteiger partial charge in [0.15, 0.2) is 0 Å². The van der Waals surface area contributed by atoms with Crippen LogP contribution in [0.15, 0.2) is 55.1 Å². The molecule has 172 valence electrons. The van der Waals surface area contributed by atoms with Gasteiger partial charge >= 0.3 is 12.0 Å². The molecule has 4 amide bonds. The Morgan fingerprint density at radius 3 is 2.59 bits per heavy atom. The van der Waals surface area contributed by atoms with Crippen molar-refractivity contribution in [2.24, 2.45) is 0 Å². The molecular weight excluding hydrogens is 436 g/mol. The Morgan fingerprint density at radius 1 is 1.18 bits per heavy atom. The van der Waals surface area contributed by atoms with E-state index in [1.165, 1.54) is 13.1 Å². The highest BCUT2D eigenvalue weighted by Gasteiger charge is 2.44. The molecule has 9 heteroatoms. The minimum Gasteiger partial charge on any atom is -0.478 e.